The number of aromatic nitrogens is 2. The van der Waals surface area contributed by atoms with E-state index in [9.17, 15) is 18.0 Å². The molecule has 2 aromatic rings. The predicted octanol–water partition coefficient (Wildman–Crippen LogP) is 2.74. The summed E-state index contributed by atoms with van der Waals surface area (Å²) in [5.74, 6) is 7.94. The standard InChI is InChI=1S/C27H32N4O4S/c1-17-11-23-25(29-27(30(23)2)36(3,34)35)31(16-17)10-4-5-18-12-19(15-24(32)20-6-7-20)14-22(13-18)28-26(33)21-8-9-21/h12-14,17,20-21H,6-11,15-16H2,1-3H3,(H,28,33). The average molecular weight is 509 g/mol. The SMILES string of the molecule is CC1Cc2c(nc(S(C)(=O)=O)n2C)N(CC#Cc2cc(CC(=O)C3CC3)cc(NC(=O)C3CC3)c2)C1. The van der Waals surface area contributed by atoms with Gasteiger partial charge in [-0.25, -0.2) is 13.4 Å². The minimum Gasteiger partial charge on any atom is -0.344 e. The molecule has 2 heterocycles. The van der Waals surface area contributed by atoms with Gasteiger partial charge >= 0.3 is 0 Å². The Hall–Kier alpha value is -3.12. The molecule has 1 aliphatic heterocycles. The molecule has 2 saturated carbocycles. The van der Waals surface area contributed by atoms with Crippen molar-refractivity contribution in [1.82, 2.24) is 9.55 Å². The van der Waals surface area contributed by atoms with Crippen molar-refractivity contribution < 1.29 is 18.0 Å². The number of amides is 1. The van der Waals surface area contributed by atoms with Gasteiger partial charge in [-0.1, -0.05) is 18.8 Å². The number of anilines is 2. The summed E-state index contributed by atoms with van der Waals surface area (Å²) in [7, 11) is -1.69. The van der Waals surface area contributed by atoms with E-state index in [2.05, 4.69) is 29.1 Å². The lowest BCUT2D eigenvalue weighted by Crippen LogP contribution is -2.35. The number of hydrogen-bond acceptors (Lipinski definition) is 6. The van der Waals surface area contributed by atoms with Crippen LogP contribution in [0.5, 0.6) is 0 Å². The Morgan fingerprint density at radius 1 is 1.14 bits per heavy atom. The molecule has 1 atom stereocenters. The summed E-state index contributed by atoms with van der Waals surface area (Å²) in [5, 5.41) is 3.06. The lowest BCUT2D eigenvalue weighted by molar-refractivity contribution is -0.119. The van der Waals surface area contributed by atoms with Crippen LogP contribution in [-0.4, -0.2) is 49.0 Å². The predicted molar refractivity (Wildman–Crippen MR) is 138 cm³/mol. The maximum Gasteiger partial charge on any atom is 0.229 e. The molecule has 2 fully saturated rings. The second kappa shape index (κ2) is 9.40. The molecule has 0 spiro atoms. The molecule has 0 radical (unpaired) electrons. The number of carbonyl (C=O) groups excluding carboxylic acids is 2. The van der Waals surface area contributed by atoms with Crippen LogP contribution in [-0.2, 0) is 39.3 Å². The highest BCUT2D eigenvalue weighted by Gasteiger charge is 2.31. The van der Waals surface area contributed by atoms with Crippen LogP contribution >= 0.6 is 0 Å². The Balaban J connectivity index is 1.38. The second-order valence-electron chi connectivity index (χ2n) is 10.6. The first-order valence-electron chi connectivity index (χ1n) is 12.6. The Kier molecular flexibility index (Phi) is 6.41. The number of ketones is 1. The molecule has 190 valence electrons. The molecule has 3 aliphatic rings. The number of rotatable bonds is 7. The van der Waals surface area contributed by atoms with Crippen molar-refractivity contribution in [3.8, 4) is 11.8 Å². The van der Waals surface area contributed by atoms with Gasteiger partial charge in [-0.3, -0.25) is 9.59 Å². The van der Waals surface area contributed by atoms with Crippen LogP contribution in [0, 0.1) is 29.6 Å². The summed E-state index contributed by atoms with van der Waals surface area (Å²) in [5.41, 5.74) is 3.18. The van der Waals surface area contributed by atoms with E-state index in [0.717, 1.165) is 55.5 Å². The van der Waals surface area contributed by atoms with Crippen LogP contribution in [0.1, 0.15) is 49.4 Å². The molecule has 1 aromatic heterocycles. The third-order valence-corrected chi connectivity index (χ3v) is 8.01. The van der Waals surface area contributed by atoms with Crippen LogP contribution < -0.4 is 10.2 Å². The van der Waals surface area contributed by atoms with Gasteiger partial charge in [0.05, 0.1) is 12.2 Å². The molecule has 1 unspecified atom stereocenters. The van der Waals surface area contributed by atoms with Crippen molar-refractivity contribution in [2.24, 2.45) is 24.8 Å². The fraction of sp³-hybridized carbons (Fsp3) is 0.519. The van der Waals surface area contributed by atoms with Gasteiger partial charge in [0, 0.05) is 49.4 Å². The topological polar surface area (TPSA) is 101 Å². The normalized spacial score (nSPS) is 19.3. The fourth-order valence-electron chi connectivity index (χ4n) is 4.82. The summed E-state index contributed by atoms with van der Waals surface area (Å²) in [6.45, 7) is 3.26. The largest absolute Gasteiger partial charge is 0.344 e. The minimum atomic E-state index is -3.44. The summed E-state index contributed by atoms with van der Waals surface area (Å²) >= 11 is 0. The summed E-state index contributed by atoms with van der Waals surface area (Å²) in [4.78, 5) is 31.2. The van der Waals surface area contributed by atoms with Gasteiger partial charge in [0.1, 0.15) is 5.78 Å². The molecule has 1 aromatic carbocycles. The number of sulfone groups is 1. The monoisotopic (exact) mass is 508 g/mol. The fourth-order valence-corrected chi connectivity index (χ4v) is 5.68. The number of nitrogens with zero attached hydrogens (tertiary/aromatic N) is 3. The summed E-state index contributed by atoms with van der Waals surface area (Å²) < 4.78 is 26.0. The molecule has 0 saturated heterocycles. The van der Waals surface area contributed by atoms with Crippen molar-refractivity contribution in [3.63, 3.8) is 0 Å². The van der Waals surface area contributed by atoms with E-state index in [0.29, 0.717) is 30.4 Å². The number of imidazole rings is 1. The maximum atomic E-state index is 12.4. The van der Waals surface area contributed by atoms with Crippen LogP contribution in [0.25, 0.3) is 0 Å². The highest BCUT2D eigenvalue weighted by Crippen LogP contribution is 2.33. The van der Waals surface area contributed by atoms with Crippen molar-refractivity contribution in [3.05, 3.63) is 35.0 Å². The first-order chi connectivity index (χ1) is 17.1. The lowest BCUT2D eigenvalue weighted by Gasteiger charge is -2.30. The molecule has 8 nitrogen and oxygen atoms in total. The van der Waals surface area contributed by atoms with Crippen LogP contribution in [0.3, 0.4) is 0 Å². The molecular weight excluding hydrogens is 476 g/mol. The first-order valence-corrected chi connectivity index (χ1v) is 14.4. The zero-order valence-corrected chi connectivity index (χ0v) is 21.8. The van der Waals surface area contributed by atoms with Gasteiger partial charge < -0.3 is 14.8 Å². The second-order valence-corrected chi connectivity index (χ2v) is 12.5. The first kappa shape index (κ1) is 24.6. The zero-order chi connectivity index (χ0) is 25.6. The van der Waals surface area contributed by atoms with Gasteiger partial charge in [-0.2, -0.15) is 0 Å². The van der Waals surface area contributed by atoms with Gasteiger partial charge in [0.2, 0.25) is 20.9 Å². The molecule has 9 heteroatoms. The van der Waals surface area contributed by atoms with E-state index < -0.39 is 9.84 Å². The minimum absolute atomic E-state index is 0.0197. The Bertz CT molecular complexity index is 1350. The van der Waals surface area contributed by atoms with E-state index in [1.54, 1.807) is 11.6 Å². The molecule has 36 heavy (non-hydrogen) atoms. The third kappa shape index (κ3) is 5.49. The van der Waals surface area contributed by atoms with Crippen LogP contribution in [0.4, 0.5) is 11.5 Å². The van der Waals surface area contributed by atoms with Gasteiger partial charge in [0.25, 0.3) is 0 Å². The summed E-state index contributed by atoms with van der Waals surface area (Å²) in [6, 6.07) is 5.66. The third-order valence-electron chi connectivity index (χ3n) is 6.98. The van der Waals surface area contributed by atoms with Crippen LogP contribution in [0.15, 0.2) is 23.4 Å². The van der Waals surface area contributed by atoms with E-state index in [1.807, 2.05) is 23.1 Å². The van der Waals surface area contributed by atoms with Crippen molar-refractivity contribution in [2.45, 2.75) is 50.6 Å². The number of nitrogens with one attached hydrogen (secondary N) is 1. The van der Waals surface area contributed by atoms with Crippen molar-refractivity contribution in [1.29, 1.82) is 0 Å². The van der Waals surface area contributed by atoms with E-state index in [4.69, 9.17) is 0 Å². The number of benzene rings is 1. The maximum absolute atomic E-state index is 12.4. The number of hydrogen-bond donors (Lipinski definition) is 1. The molecular formula is C27H32N4O4S. The van der Waals surface area contributed by atoms with E-state index in [1.165, 1.54) is 6.26 Å². The van der Waals surface area contributed by atoms with Crippen LogP contribution in [0.2, 0.25) is 0 Å². The highest BCUT2D eigenvalue weighted by atomic mass is 32.2. The Morgan fingerprint density at radius 2 is 1.86 bits per heavy atom. The summed E-state index contributed by atoms with van der Waals surface area (Å²) in [6.07, 6.45) is 6.06. The average Bonchev–Trinajstić information content (AvgIpc) is 3.70. The molecule has 1 amide bonds. The lowest BCUT2D eigenvalue weighted by atomic mass is 10.0. The van der Waals surface area contributed by atoms with Crippen molar-refractivity contribution >= 4 is 33.0 Å². The quantitative estimate of drug-likeness (QED) is 0.577. The van der Waals surface area contributed by atoms with Gasteiger partial charge in [-0.15, -0.1) is 0 Å². The molecule has 5 rings (SSSR count). The molecule has 0 bridgehead atoms. The van der Waals surface area contributed by atoms with E-state index in [-0.39, 0.29) is 28.7 Å². The number of fused-ring (bicyclic) bond motifs is 1. The molecule has 2 aliphatic carbocycles. The molecule has 1 N–H and O–H groups in total. The zero-order valence-electron chi connectivity index (χ0n) is 21.0. The highest BCUT2D eigenvalue weighted by molar-refractivity contribution is 7.90. The smallest absolute Gasteiger partial charge is 0.229 e. The van der Waals surface area contributed by atoms with Gasteiger partial charge in [0.15, 0.2) is 5.82 Å². The van der Waals surface area contributed by atoms with Gasteiger partial charge in [-0.05, 0) is 61.8 Å². The van der Waals surface area contributed by atoms with Crippen molar-refractivity contribution in [2.75, 3.05) is 29.6 Å². The number of carbonyl (C=O) groups is 2. The number of Topliss-reactive ketones (excluding diaryl/α,β-unsaturated/α-hetero) is 1. The van der Waals surface area contributed by atoms with E-state index >= 15 is 0 Å². The Labute approximate surface area is 212 Å². The Morgan fingerprint density at radius 3 is 2.53 bits per heavy atom.